The zero-order valence-electron chi connectivity index (χ0n) is 14.9. The molecule has 1 aromatic carbocycles. The van der Waals surface area contributed by atoms with Crippen LogP contribution in [0.4, 0.5) is 0 Å². The molecule has 5 nitrogen and oxygen atoms in total. The van der Waals surface area contributed by atoms with Gasteiger partial charge < -0.3 is 9.84 Å². The summed E-state index contributed by atoms with van der Waals surface area (Å²) in [4.78, 5) is 10.9. The largest absolute Gasteiger partial charge is 0.481 e. The topological polar surface area (TPSA) is 58.5 Å². The fraction of sp³-hybridized carbons (Fsp3) is 0.333. The van der Waals surface area contributed by atoms with Crippen LogP contribution in [0.5, 0.6) is 5.88 Å². The Labute approximate surface area is 153 Å². The van der Waals surface area contributed by atoms with E-state index in [0.29, 0.717) is 12.4 Å². The van der Waals surface area contributed by atoms with Gasteiger partial charge in [0, 0.05) is 49.4 Å². The molecule has 0 radical (unpaired) electrons. The standard InChI is InChI=1S/C21H23N3O2/c1-26-21-10-15(6-8-23-21)12-24-13-17(20(25)14-24)11-16-7-9-22-19-5-3-2-4-18(16)19/h2-10,17,20,25H,11-14H2,1H3/t17-,20-/m1/s1. The number of ether oxygens (including phenoxy) is 1. The lowest BCUT2D eigenvalue weighted by atomic mass is 9.94. The van der Waals surface area contributed by atoms with E-state index < -0.39 is 0 Å². The fourth-order valence-electron chi connectivity index (χ4n) is 3.81. The van der Waals surface area contributed by atoms with Crippen molar-refractivity contribution in [3.8, 4) is 5.88 Å². The van der Waals surface area contributed by atoms with Gasteiger partial charge in [-0.05, 0) is 35.7 Å². The lowest BCUT2D eigenvalue weighted by molar-refractivity contribution is 0.141. The van der Waals surface area contributed by atoms with Crippen molar-refractivity contribution in [2.45, 2.75) is 19.1 Å². The SMILES string of the molecule is COc1cc(CN2C[C@@H](Cc3ccnc4ccccc34)[C@H](O)C2)ccn1. The number of aliphatic hydroxyl groups excluding tert-OH is 1. The Kier molecular flexibility index (Phi) is 4.82. The Morgan fingerprint density at radius 2 is 1.96 bits per heavy atom. The van der Waals surface area contributed by atoms with Gasteiger partial charge in [-0.25, -0.2) is 4.98 Å². The summed E-state index contributed by atoms with van der Waals surface area (Å²) in [6.07, 6.45) is 4.17. The molecule has 3 heterocycles. The van der Waals surface area contributed by atoms with E-state index >= 15 is 0 Å². The van der Waals surface area contributed by atoms with Crippen molar-refractivity contribution in [2.24, 2.45) is 5.92 Å². The van der Waals surface area contributed by atoms with Gasteiger partial charge in [-0.3, -0.25) is 9.88 Å². The zero-order chi connectivity index (χ0) is 17.9. The molecule has 1 aliphatic rings. The number of pyridine rings is 2. The summed E-state index contributed by atoms with van der Waals surface area (Å²) < 4.78 is 5.20. The van der Waals surface area contributed by atoms with E-state index in [-0.39, 0.29) is 12.0 Å². The van der Waals surface area contributed by atoms with Crippen molar-refractivity contribution in [3.05, 3.63) is 66.0 Å². The van der Waals surface area contributed by atoms with Crippen molar-refractivity contribution < 1.29 is 9.84 Å². The maximum Gasteiger partial charge on any atom is 0.213 e. The molecule has 0 saturated carbocycles. The molecular formula is C21H23N3O2. The van der Waals surface area contributed by atoms with Gasteiger partial charge >= 0.3 is 0 Å². The molecule has 5 heteroatoms. The van der Waals surface area contributed by atoms with Crippen molar-refractivity contribution in [3.63, 3.8) is 0 Å². The second-order valence-corrected chi connectivity index (χ2v) is 6.92. The van der Waals surface area contributed by atoms with E-state index in [1.807, 2.05) is 36.5 Å². The van der Waals surface area contributed by atoms with Crippen molar-refractivity contribution in [1.29, 1.82) is 0 Å². The molecule has 2 aromatic heterocycles. The molecule has 1 aliphatic heterocycles. The summed E-state index contributed by atoms with van der Waals surface area (Å²) in [6, 6.07) is 14.2. The predicted molar refractivity (Wildman–Crippen MR) is 101 cm³/mol. The van der Waals surface area contributed by atoms with Crippen LogP contribution in [-0.2, 0) is 13.0 Å². The third-order valence-corrected chi connectivity index (χ3v) is 5.12. The number of rotatable bonds is 5. The number of hydrogen-bond acceptors (Lipinski definition) is 5. The molecule has 3 aromatic rings. The van der Waals surface area contributed by atoms with Crippen LogP contribution in [-0.4, -0.2) is 46.3 Å². The molecule has 1 fully saturated rings. The number of benzene rings is 1. The average molecular weight is 349 g/mol. The first-order chi connectivity index (χ1) is 12.7. The van der Waals surface area contributed by atoms with Crippen LogP contribution in [0.25, 0.3) is 10.9 Å². The van der Waals surface area contributed by atoms with E-state index in [1.165, 1.54) is 10.9 Å². The fourth-order valence-corrected chi connectivity index (χ4v) is 3.81. The van der Waals surface area contributed by atoms with Crippen LogP contribution in [0, 0.1) is 5.92 Å². The summed E-state index contributed by atoms with van der Waals surface area (Å²) in [5.74, 6) is 0.853. The molecule has 0 amide bonds. The Hall–Kier alpha value is -2.50. The molecular weight excluding hydrogens is 326 g/mol. The number of aliphatic hydroxyl groups is 1. The quantitative estimate of drug-likeness (QED) is 0.767. The van der Waals surface area contributed by atoms with Crippen LogP contribution in [0.15, 0.2) is 54.9 Å². The molecule has 26 heavy (non-hydrogen) atoms. The normalized spacial score (nSPS) is 20.5. The maximum absolute atomic E-state index is 10.6. The van der Waals surface area contributed by atoms with Crippen LogP contribution in [0.2, 0.25) is 0 Å². The second kappa shape index (κ2) is 7.40. The molecule has 1 N–H and O–H groups in total. The molecule has 0 unspecified atom stereocenters. The van der Waals surface area contributed by atoms with Gasteiger partial charge in [-0.15, -0.1) is 0 Å². The summed E-state index contributed by atoms with van der Waals surface area (Å²) in [5, 5.41) is 11.8. The number of β-amino-alcohol motifs (C(OH)–C–C–N with tert-alkyl or cyclic N) is 1. The smallest absolute Gasteiger partial charge is 0.213 e. The van der Waals surface area contributed by atoms with Gasteiger partial charge in [0.1, 0.15) is 0 Å². The number of hydrogen-bond donors (Lipinski definition) is 1. The van der Waals surface area contributed by atoms with Gasteiger partial charge in [0.15, 0.2) is 0 Å². The predicted octanol–water partition coefficient (Wildman–Crippen LogP) is 2.67. The lowest BCUT2D eigenvalue weighted by Crippen LogP contribution is -2.21. The second-order valence-electron chi connectivity index (χ2n) is 6.92. The number of likely N-dealkylation sites (tertiary alicyclic amines) is 1. The van der Waals surface area contributed by atoms with Crippen LogP contribution < -0.4 is 4.74 Å². The van der Waals surface area contributed by atoms with Gasteiger partial charge in [-0.1, -0.05) is 18.2 Å². The van der Waals surface area contributed by atoms with Gasteiger partial charge in [0.05, 0.1) is 18.7 Å². The van der Waals surface area contributed by atoms with Crippen molar-refractivity contribution in [2.75, 3.05) is 20.2 Å². The van der Waals surface area contributed by atoms with Gasteiger partial charge in [0.25, 0.3) is 0 Å². The highest BCUT2D eigenvalue weighted by atomic mass is 16.5. The van der Waals surface area contributed by atoms with E-state index in [9.17, 15) is 5.11 Å². The minimum Gasteiger partial charge on any atom is -0.481 e. The van der Waals surface area contributed by atoms with E-state index in [2.05, 4.69) is 27.0 Å². The minimum atomic E-state index is -0.314. The highest BCUT2D eigenvalue weighted by molar-refractivity contribution is 5.81. The molecule has 0 bridgehead atoms. The van der Waals surface area contributed by atoms with Crippen LogP contribution in [0.1, 0.15) is 11.1 Å². The summed E-state index contributed by atoms with van der Waals surface area (Å²) >= 11 is 0. The first-order valence-electron chi connectivity index (χ1n) is 8.95. The summed E-state index contributed by atoms with van der Waals surface area (Å²) in [5.41, 5.74) is 3.42. The molecule has 0 spiro atoms. The summed E-state index contributed by atoms with van der Waals surface area (Å²) in [6.45, 7) is 2.37. The van der Waals surface area contributed by atoms with Gasteiger partial charge in [0.2, 0.25) is 5.88 Å². The summed E-state index contributed by atoms with van der Waals surface area (Å²) in [7, 11) is 1.63. The lowest BCUT2D eigenvalue weighted by Gasteiger charge is -2.16. The Morgan fingerprint density at radius 1 is 1.12 bits per heavy atom. The molecule has 0 aliphatic carbocycles. The zero-order valence-corrected chi connectivity index (χ0v) is 14.9. The van der Waals surface area contributed by atoms with E-state index in [0.717, 1.165) is 30.6 Å². The van der Waals surface area contributed by atoms with Crippen molar-refractivity contribution in [1.82, 2.24) is 14.9 Å². The highest BCUT2D eigenvalue weighted by Gasteiger charge is 2.31. The minimum absolute atomic E-state index is 0.226. The highest BCUT2D eigenvalue weighted by Crippen LogP contribution is 2.26. The monoisotopic (exact) mass is 349 g/mol. The number of para-hydroxylation sites is 1. The Balaban J connectivity index is 1.46. The first-order valence-corrected chi connectivity index (χ1v) is 8.95. The molecule has 2 atom stereocenters. The third kappa shape index (κ3) is 3.54. The number of methoxy groups -OCH3 is 1. The van der Waals surface area contributed by atoms with Gasteiger partial charge in [-0.2, -0.15) is 0 Å². The van der Waals surface area contributed by atoms with Crippen molar-refractivity contribution >= 4 is 10.9 Å². The number of nitrogens with zero attached hydrogens (tertiary/aromatic N) is 3. The molecule has 134 valence electrons. The molecule has 1 saturated heterocycles. The van der Waals surface area contributed by atoms with E-state index in [1.54, 1.807) is 13.3 Å². The Bertz CT molecular complexity index is 894. The number of fused-ring (bicyclic) bond motifs is 1. The van der Waals surface area contributed by atoms with Crippen LogP contribution in [0.3, 0.4) is 0 Å². The van der Waals surface area contributed by atoms with Crippen LogP contribution >= 0.6 is 0 Å². The Morgan fingerprint density at radius 3 is 2.85 bits per heavy atom. The van der Waals surface area contributed by atoms with E-state index in [4.69, 9.17) is 4.74 Å². The number of aromatic nitrogens is 2. The third-order valence-electron chi connectivity index (χ3n) is 5.12. The maximum atomic E-state index is 10.6. The first kappa shape index (κ1) is 16.9. The molecule has 4 rings (SSSR count). The average Bonchev–Trinajstić information content (AvgIpc) is 3.01.